The standard InChI is InChI=1S/C48H90O11/c1-5-8-11-14-17-20-23-26-29-32-39(35-42(49)50)57-43(51)36-40(33-30-27-24-21-18-15-12-9-6-2)58-44(52)37-41(34-31-28-25-22-19-16-13-10-7-3)59-48-47(55)46(54)45(53)38(4)56-48/h38-41,45-48,53-55H,5-37H2,1-4H3,(H,49,50)/t38-,39+,40+,41+,45-,46+,47+,48-/m0/s1. The minimum atomic E-state index is -1.49. The quantitative estimate of drug-likeness (QED) is 0.0342. The maximum absolute atomic E-state index is 13.6. The summed E-state index contributed by atoms with van der Waals surface area (Å²) in [6.45, 7) is 8.22. The Bertz CT molecular complexity index is 1020. The lowest BCUT2D eigenvalue weighted by molar-refractivity contribution is -0.304. The van der Waals surface area contributed by atoms with Crippen molar-refractivity contribution in [2.45, 2.75) is 289 Å². The van der Waals surface area contributed by atoms with Crippen LogP contribution >= 0.6 is 0 Å². The summed E-state index contributed by atoms with van der Waals surface area (Å²) in [7, 11) is 0. The molecule has 4 N–H and O–H groups in total. The van der Waals surface area contributed by atoms with Crippen LogP contribution in [0.4, 0.5) is 0 Å². The molecular formula is C48H90O11. The lowest BCUT2D eigenvalue weighted by Gasteiger charge is -2.40. The normalized spacial score (nSPS) is 20.9. The van der Waals surface area contributed by atoms with Crippen LogP contribution in [0.15, 0.2) is 0 Å². The zero-order valence-corrected chi connectivity index (χ0v) is 38.1. The van der Waals surface area contributed by atoms with Gasteiger partial charge in [0.05, 0.1) is 31.5 Å². The highest BCUT2D eigenvalue weighted by Crippen LogP contribution is 2.26. The molecule has 0 saturated carbocycles. The van der Waals surface area contributed by atoms with Crippen LogP contribution in [0.2, 0.25) is 0 Å². The molecule has 1 aliphatic rings. The van der Waals surface area contributed by atoms with E-state index in [1.165, 1.54) is 96.3 Å². The fourth-order valence-electron chi connectivity index (χ4n) is 8.02. The molecule has 0 bridgehead atoms. The third kappa shape index (κ3) is 29.2. The third-order valence-electron chi connectivity index (χ3n) is 11.8. The van der Waals surface area contributed by atoms with Gasteiger partial charge in [0.25, 0.3) is 0 Å². The molecule has 11 nitrogen and oxygen atoms in total. The Morgan fingerprint density at radius 3 is 1.15 bits per heavy atom. The van der Waals surface area contributed by atoms with Crippen molar-refractivity contribution in [2.75, 3.05) is 0 Å². The number of aliphatic hydroxyl groups is 3. The van der Waals surface area contributed by atoms with E-state index >= 15 is 0 Å². The van der Waals surface area contributed by atoms with E-state index in [4.69, 9.17) is 18.9 Å². The van der Waals surface area contributed by atoms with Gasteiger partial charge in [0.1, 0.15) is 30.5 Å². The van der Waals surface area contributed by atoms with Crippen molar-refractivity contribution >= 4 is 17.9 Å². The topological polar surface area (TPSA) is 169 Å². The summed E-state index contributed by atoms with van der Waals surface area (Å²) in [5, 5.41) is 40.9. The number of rotatable bonds is 40. The number of aliphatic hydroxyl groups excluding tert-OH is 3. The molecule has 1 heterocycles. The molecule has 1 rings (SSSR count). The largest absolute Gasteiger partial charge is 0.481 e. The Morgan fingerprint density at radius 2 is 0.780 bits per heavy atom. The SMILES string of the molecule is CCCCCCCCCCC[C@H](CC(=O)O)OC(=O)C[C@@H](CCCCCCCCCCC)OC(=O)C[C@@H](CCCCCCCCCCC)O[C@@H]1O[C@@H](C)[C@H](O)[C@@H](O)[C@H]1O. The zero-order valence-electron chi connectivity index (χ0n) is 38.1. The van der Waals surface area contributed by atoms with E-state index in [0.717, 1.165) is 77.0 Å². The van der Waals surface area contributed by atoms with Gasteiger partial charge in [0.15, 0.2) is 6.29 Å². The Hall–Kier alpha value is -1.79. The van der Waals surface area contributed by atoms with Gasteiger partial charge in [-0.25, -0.2) is 0 Å². The minimum Gasteiger partial charge on any atom is -0.481 e. The molecule has 1 aliphatic heterocycles. The van der Waals surface area contributed by atoms with Crippen molar-refractivity contribution in [3.63, 3.8) is 0 Å². The summed E-state index contributed by atoms with van der Waals surface area (Å²) >= 11 is 0. The molecule has 0 spiro atoms. The first kappa shape index (κ1) is 55.2. The van der Waals surface area contributed by atoms with Gasteiger partial charge in [-0.3, -0.25) is 14.4 Å². The lowest BCUT2D eigenvalue weighted by Crippen LogP contribution is -2.58. The number of carbonyl (C=O) groups excluding carboxylic acids is 2. The number of carboxylic acid groups (broad SMARTS) is 1. The fourth-order valence-corrected chi connectivity index (χ4v) is 8.02. The molecule has 0 amide bonds. The van der Waals surface area contributed by atoms with E-state index < -0.39 is 66.9 Å². The highest BCUT2D eigenvalue weighted by atomic mass is 16.7. The monoisotopic (exact) mass is 843 g/mol. The fraction of sp³-hybridized carbons (Fsp3) is 0.938. The van der Waals surface area contributed by atoms with Gasteiger partial charge in [-0.2, -0.15) is 0 Å². The Kier molecular flexibility index (Phi) is 34.5. The smallest absolute Gasteiger partial charge is 0.309 e. The number of esters is 2. The average Bonchev–Trinajstić information content (AvgIpc) is 3.19. The summed E-state index contributed by atoms with van der Waals surface area (Å²) < 4.78 is 23.6. The molecule has 0 aromatic carbocycles. The molecule has 1 fully saturated rings. The summed E-state index contributed by atoms with van der Waals surface area (Å²) in [6.07, 6.45) is 23.0. The highest BCUT2D eigenvalue weighted by molar-refractivity contribution is 5.73. The van der Waals surface area contributed by atoms with Crippen LogP contribution in [0.1, 0.15) is 240 Å². The summed E-state index contributed by atoms with van der Waals surface area (Å²) in [5.74, 6) is -2.13. The van der Waals surface area contributed by atoms with Gasteiger partial charge < -0.3 is 39.4 Å². The van der Waals surface area contributed by atoms with Gasteiger partial charge in [0, 0.05) is 0 Å². The van der Waals surface area contributed by atoms with Crippen molar-refractivity contribution in [1.29, 1.82) is 0 Å². The molecule has 11 heteroatoms. The summed E-state index contributed by atoms with van der Waals surface area (Å²) in [4.78, 5) is 38.6. The number of hydrogen-bond acceptors (Lipinski definition) is 10. The van der Waals surface area contributed by atoms with E-state index in [0.29, 0.717) is 19.3 Å². The molecule has 0 unspecified atom stereocenters. The first-order chi connectivity index (χ1) is 28.5. The van der Waals surface area contributed by atoms with Gasteiger partial charge in [-0.1, -0.05) is 181 Å². The van der Waals surface area contributed by atoms with Gasteiger partial charge >= 0.3 is 17.9 Å². The predicted octanol–water partition coefficient (Wildman–Crippen LogP) is 11.0. The summed E-state index contributed by atoms with van der Waals surface area (Å²) in [6, 6.07) is 0. The Labute approximate surface area is 359 Å². The van der Waals surface area contributed by atoms with Crippen molar-refractivity contribution in [1.82, 2.24) is 0 Å². The molecule has 348 valence electrons. The van der Waals surface area contributed by atoms with Crippen LogP contribution in [-0.4, -0.2) is 87.4 Å². The molecule has 0 aromatic rings. The average molecular weight is 843 g/mol. The maximum atomic E-state index is 13.6. The van der Waals surface area contributed by atoms with Gasteiger partial charge in [-0.15, -0.1) is 0 Å². The molecule has 0 radical (unpaired) electrons. The molecule has 1 saturated heterocycles. The Balaban J connectivity index is 2.90. The maximum Gasteiger partial charge on any atom is 0.309 e. The molecule has 0 aliphatic carbocycles. The van der Waals surface area contributed by atoms with Crippen molar-refractivity contribution in [3.8, 4) is 0 Å². The van der Waals surface area contributed by atoms with Gasteiger partial charge in [-0.05, 0) is 39.0 Å². The van der Waals surface area contributed by atoms with Crippen LogP contribution < -0.4 is 0 Å². The minimum absolute atomic E-state index is 0.139. The number of ether oxygens (including phenoxy) is 4. The Morgan fingerprint density at radius 1 is 0.458 bits per heavy atom. The third-order valence-corrected chi connectivity index (χ3v) is 11.8. The predicted molar refractivity (Wildman–Crippen MR) is 234 cm³/mol. The van der Waals surface area contributed by atoms with Gasteiger partial charge in [0.2, 0.25) is 0 Å². The van der Waals surface area contributed by atoms with Crippen LogP contribution in [0.5, 0.6) is 0 Å². The second-order valence-corrected chi connectivity index (χ2v) is 17.5. The van der Waals surface area contributed by atoms with Crippen LogP contribution in [0.3, 0.4) is 0 Å². The van der Waals surface area contributed by atoms with E-state index in [9.17, 15) is 34.8 Å². The molecule has 8 atom stereocenters. The first-order valence-electron chi connectivity index (χ1n) is 24.5. The number of hydrogen-bond donors (Lipinski definition) is 4. The van der Waals surface area contributed by atoms with E-state index in [2.05, 4.69) is 20.8 Å². The zero-order chi connectivity index (χ0) is 43.5. The van der Waals surface area contributed by atoms with Crippen molar-refractivity contribution in [2.24, 2.45) is 0 Å². The number of unbranched alkanes of at least 4 members (excludes halogenated alkanes) is 24. The molecular weight excluding hydrogens is 753 g/mol. The summed E-state index contributed by atoms with van der Waals surface area (Å²) in [5.41, 5.74) is 0. The lowest BCUT2D eigenvalue weighted by atomic mass is 9.99. The number of carboxylic acids is 1. The first-order valence-corrected chi connectivity index (χ1v) is 24.5. The molecule has 59 heavy (non-hydrogen) atoms. The van der Waals surface area contributed by atoms with Crippen LogP contribution in [0.25, 0.3) is 0 Å². The van der Waals surface area contributed by atoms with Crippen molar-refractivity contribution in [3.05, 3.63) is 0 Å². The second-order valence-electron chi connectivity index (χ2n) is 17.5. The molecule has 0 aromatic heterocycles. The van der Waals surface area contributed by atoms with Crippen LogP contribution in [-0.2, 0) is 33.3 Å². The highest BCUT2D eigenvalue weighted by Gasteiger charge is 2.43. The number of carbonyl (C=O) groups is 3. The van der Waals surface area contributed by atoms with E-state index in [1.54, 1.807) is 6.92 Å². The van der Waals surface area contributed by atoms with Crippen LogP contribution in [0, 0.1) is 0 Å². The van der Waals surface area contributed by atoms with Crippen molar-refractivity contribution < 1.29 is 53.8 Å². The van der Waals surface area contributed by atoms with E-state index in [1.807, 2.05) is 0 Å². The number of aliphatic carboxylic acids is 1. The van der Waals surface area contributed by atoms with E-state index in [-0.39, 0.29) is 19.3 Å². The second kappa shape index (κ2) is 36.8.